The summed E-state index contributed by atoms with van der Waals surface area (Å²) in [6, 6.07) is 2.27. The van der Waals surface area contributed by atoms with Crippen LogP contribution in [0.3, 0.4) is 0 Å². The monoisotopic (exact) mass is 239 g/mol. The lowest BCUT2D eigenvalue weighted by Gasteiger charge is -2.34. The van der Waals surface area contributed by atoms with E-state index in [9.17, 15) is 4.79 Å². The van der Waals surface area contributed by atoms with Crippen LogP contribution in [0.4, 0.5) is 0 Å². The van der Waals surface area contributed by atoms with E-state index in [4.69, 9.17) is 5.26 Å². The highest BCUT2D eigenvalue weighted by Crippen LogP contribution is 2.24. The number of carbonyl (C=O) groups excluding carboxylic acids is 1. The number of rotatable bonds is 6. The van der Waals surface area contributed by atoms with Gasteiger partial charge in [-0.15, -0.1) is 0 Å². The zero-order valence-electron chi connectivity index (χ0n) is 11.9. The predicted molar refractivity (Wildman–Crippen MR) is 69.4 cm³/mol. The number of amides is 1. The van der Waals surface area contributed by atoms with Gasteiger partial charge in [0.25, 0.3) is 0 Å². The molecule has 0 spiro atoms. The van der Waals surface area contributed by atoms with Crippen LogP contribution in [0.15, 0.2) is 0 Å². The van der Waals surface area contributed by atoms with Gasteiger partial charge in [-0.3, -0.25) is 4.79 Å². The Morgan fingerprint density at radius 2 is 1.94 bits per heavy atom. The quantitative estimate of drug-likeness (QED) is 0.709. The maximum absolute atomic E-state index is 12.4. The summed E-state index contributed by atoms with van der Waals surface area (Å²) in [7, 11) is 3.97. The molecule has 0 aromatic heterocycles. The van der Waals surface area contributed by atoms with E-state index in [-0.39, 0.29) is 11.9 Å². The van der Waals surface area contributed by atoms with Crippen LogP contribution in [0, 0.1) is 16.7 Å². The molecule has 0 bridgehead atoms. The van der Waals surface area contributed by atoms with Crippen LogP contribution in [0.1, 0.15) is 34.1 Å². The molecule has 2 atom stereocenters. The number of nitrogens with zero attached hydrogens (tertiary/aromatic N) is 3. The maximum atomic E-state index is 12.4. The Bertz CT molecular complexity index is 296. The first-order chi connectivity index (χ1) is 7.82. The molecule has 0 aliphatic rings. The van der Waals surface area contributed by atoms with E-state index in [1.807, 2.05) is 34.9 Å². The lowest BCUT2D eigenvalue weighted by Crippen LogP contribution is -2.49. The van der Waals surface area contributed by atoms with E-state index >= 15 is 0 Å². The van der Waals surface area contributed by atoms with Crippen molar-refractivity contribution in [3.05, 3.63) is 0 Å². The normalized spacial score (nSPS) is 16.1. The van der Waals surface area contributed by atoms with Gasteiger partial charge in [-0.25, -0.2) is 0 Å². The van der Waals surface area contributed by atoms with Crippen molar-refractivity contribution in [1.82, 2.24) is 9.80 Å². The SMILES string of the molecule is CCN(C(=O)C(C)(C#N)CC)C(C)CN(C)C. The average molecular weight is 239 g/mol. The Morgan fingerprint density at radius 1 is 1.41 bits per heavy atom. The Hall–Kier alpha value is -1.08. The molecule has 0 rings (SSSR count). The summed E-state index contributed by atoms with van der Waals surface area (Å²) >= 11 is 0. The van der Waals surface area contributed by atoms with Crippen molar-refractivity contribution in [2.45, 2.75) is 40.2 Å². The highest BCUT2D eigenvalue weighted by Gasteiger charge is 2.36. The fourth-order valence-electron chi connectivity index (χ4n) is 1.88. The smallest absolute Gasteiger partial charge is 0.243 e. The van der Waals surface area contributed by atoms with Gasteiger partial charge in [-0.05, 0) is 41.3 Å². The lowest BCUT2D eigenvalue weighted by atomic mass is 9.87. The zero-order chi connectivity index (χ0) is 13.6. The van der Waals surface area contributed by atoms with Crippen LogP contribution in [-0.4, -0.2) is 48.9 Å². The Balaban J connectivity index is 4.89. The van der Waals surface area contributed by atoms with E-state index < -0.39 is 5.41 Å². The highest BCUT2D eigenvalue weighted by molar-refractivity contribution is 5.85. The zero-order valence-corrected chi connectivity index (χ0v) is 11.9. The standard InChI is InChI=1S/C13H25N3O/c1-7-13(4,10-14)12(17)16(8-2)11(3)9-15(5)6/h11H,7-9H2,1-6H3. The summed E-state index contributed by atoms with van der Waals surface area (Å²) in [5.41, 5.74) is -0.892. The molecule has 4 nitrogen and oxygen atoms in total. The summed E-state index contributed by atoms with van der Waals surface area (Å²) in [4.78, 5) is 16.2. The van der Waals surface area contributed by atoms with Gasteiger partial charge < -0.3 is 9.80 Å². The molecule has 0 saturated heterocycles. The molecule has 17 heavy (non-hydrogen) atoms. The number of likely N-dealkylation sites (N-methyl/N-ethyl adjacent to an activating group) is 2. The van der Waals surface area contributed by atoms with Gasteiger partial charge in [-0.2, -0.15) is 5.26 Å². The molecule has 98 valence electrons. The Morgan fingerprint density at radius 3 is 2.24 bits per heavy atom. The van der Waals surface area contributed by atoms with Crippen LogP contribution in [-0.2, 0) is 4.79 Å². The first kappa shape index (κ1) is 15.9. The molecule has 0 aromatic rings. The van der Waals surface area contributed by atoms with Crippen molar-refractivity contribution in [2.24, 2.45) is 5.41 Å². The van der Waals surface area contributed by atoms with Crippen molar-refractivity contribution < 1.29 is 4.79 Å². The molecule has 0 aliphatic heterocycles. The third kappa shape index (κ3) is 4.01. The summed E-state index contributed by atoms with van der Waals surface area (Å²) in [5.74, 6) is -0.0562. The topological polar surface area (TPSA) is 47.3 Å². The third-order valence-corrected chi connectivity index (χ3v) is 3.19. The molecule has 2 unspecified atom stereocenters. The summed E-state index contributed by atoms with van der Waals surface area (Å²) in [5, 5.41) is 9.16. The molecule has 0 N–H and O–H groups in total. The molecule has 0 aliphatic carbocycles. The van der Waals surface area contributed by atoms with Crippen LogP contribution >= 0.6 is 0 Å². The Kier molecular flexibility index (Phi) is 6.19. The number of nitriles is 1. The van der Waals surface area contributed by atoms with Gasteiger partial charge in [-0.1, -0.05) is 6.92 Å². The van der Waals surface area contributed by atoms with Crippen LogP contribution < -0.4 is 0 Å². The lowest BCUT2D eigenvalue weighted by molar-refractivity contribution is -0.140. The van der Waals surface area contributed by atoms with E-state index in [1.54, 1.807) is 11.8 Å². The van der Waals surface area contributed by atoms with Crippen LogP contribution in [0.2, 0.25) is 0 Å². The minimum absolute atomic E-state index is 0.0562. The van der Waals surface area contributed by atoms with Crippen LogP contribution in [0.25, 0.3) is 0 Å². The van der Waals surface area contributed by atoms with E-state index in [0.29, 0.717) is 13.0 Å². The van der Waals surface area contributed by atoms with Crippen LogP contribution in [0.5, 0.6) is 0 Å². The minimum atomic E-state index is -0.892. The average Bonchev–Trinajstić information content (AvgIpc) is 2.27. The molecular weight excluding hydrogens is 214 g/mol. The second kappa shape index (κ2) is 6.61. The summed E-state index contributed by atoms with van der Waals surface area (Å²) < 4.78 is 0. The minimum Gasteiger partial charge on any atom is -0.338 e. The van der Waals surface area contributed by atoms with Gasteiger partial charge >= 0.3 is 0 Å². The maximum Gasteiger partial charge on any atom is 0.243 e. The largest absolute Gasteiger partial charge is 0.338 e. The molecule has 0 fully saturated rings. The first-order valence-corrected chi connectivity index (χ1v) is 6.19. The van der Waals surface area contributed by atoms with Crippen molar-refractivity contribution in [3.63, 3.8) is 0 Å². The molecule has 4 heteroatoms. The first-order valence-electron chi connectivity index (χ1n) is 6.19. The van der Waals surface area contributed by atoms with Gasteiger partial charge in [0, 0.05) is 19.1 Å². The molecule has 1 amide bonds. The molecule has 0 radical (unpaired) electrons. The Labute approximate surface area is 105 Å². The summed E-state index contributed by atoms with van der Waals surface area (Å²) in [6.07, 6.45) is 0.549. The van der Waals surface area contributed by atoms with Gasteiger partial charge in [0.15, 0.2) is 0 Å². The fourth-order valence-corrected chi connectivity index (χ4v) is 1.88. The molecule has 0 saturated carbocycles. The fraction of sp³-hybridized carbons (Fsp3) is 0.846. The van der Waals surface area contributed by atoms with Crippen molar-refractivity contribution in [1.29, 1.82) is 5.26 Å². The van der Waals surface area contributed by atoms with Crippen molar-refractivity contribution in [3.8, 4) is 6.07 Å². The highest BCUT2D eigenvalue weighted by atomic mass is 16.2. The van der Waals surface area contributed by atoms with Gasteiger partial charge in [0.1, 0.15) is 5.41 Å². The van der Waals surface area contributed by atoms with Gasteiger partial charge in [0.2, 0.25) is 5.91 Å². The van der Waals surface area contributed by atoms with Crippen molar-refractivity contribution >= 4 is 5.91 Å². The molecular formula is C13H25N3O. The van der Waals surface area contributed by atoms with E-state index in [1.165, 1.54) is 0 Å². The second-order valence-electron chi connectivity index (χ2n) is 5.00. The number of carbonyl (C=O) groups is 1. The van der Waals surface area contributed by atoms with Gasteiger partial charge in [0.05, 0.1) is 6.07 Å². The van der Waals surface area contributed by atoms with E-state index in [2.05, 4.69) is 11.0 Å². The van der Waals surface area contributed by atoms with Crippen molar-refractivity contribution in [2.75, 3.05) is 27.2 Å². The predicted octanol–water partition coefficient (Wildman–Crippen LogP) is 1.72. The second-order valence-corrected chi connectivity index (χ2v) is 5.00. The number of hydrogen-bond acceptors (Lipinski definition) is 3. The molecule has 0 heterocycles. The summed E-state index contributed by atoms with van der Waals surface area (Å²) in [6.45, 7) is 9.04. The molecule has 0 aromatic carbocycles. The van der Waals surface area contributed by atoms with E-state index in [0.717, 1.165) is 6.54 Å². The third-order valence-electron chi connectivity index (χ3n) is 3.19. The number of hydrogen-bond donors (Lipinski definition) is 0.